The zero-order chi connectivity index (χ0) is 27.2. The molecule has 40 heavy (non-hydrogen) atoms. The van der Waals surface area contributed by atoms with Crippen molar-refractivity contribution in [3.8, 4) is 11.1 Å². The summed E-state index contributed by atoms with van der Waals surface area (Å²) in [5, 5.41) is 14.7. The summed E-state index contributed by atoms with van der Waals surface area (Å²) in [5.41, 5.74) is 1.51. The summed E-state index contributed by atoms with van der Waals surface area (Å²) in [6.07, 6.45) is 2.00. The molecule has 1 heterocycles. The Morgan fingerprint density at radius 1 is 0.800 bits per heavy atom. The van der Waals surface area contributed by atoms with E-state index in [9.17, 15) is 14.9 Å². The Balaban J connectivity index is 0.00000370. The molecule has 5 rings (SSSR count). The summed E-state index contributed by atoms with van der Waals surface area (Å²) in [4.78, 5) is 24.2. The van der Waals surface area contributed by atoms with Crippen LogP contribution in [-0.2, 0) is 10.9 Å². The monoisotopic (exact) mass is 615 g/mol. The molecule has 0 N–H and O–H groups in total. The number of esters is 1. The Morgan fingerprint density at radius 2 is 1.27 bits per heavy atom. The minimum Gasteiger partial charge on any atom is -1.00 e. The predicted molar refractivity (Wildman–Crippen MR) is 156 cm³/mol. The first-order valence-corrected chi connectivity index (χ1v) is 14.6. The lowest BCUT2D eigenvalue weighted by Crippen LogP contribution is -3.00. The molecule has 5 aromatic rings. The topological polar surface area (TPSA) is 82.6 Å². The van der Waals surface area contributed by atoms with Gasteiger partial charge in [-0.2, -0.15) is 0 Å². The minimum atomic E-state index is -2.35. The van der Waals surface area contributed by atoms with Crippen LogP contribution in [-0.4, -0.2) is 17.5 Å². The van der Waals surface area contributed by atoms with Crippen LogP contribution < -0.4 is 32.9 Å². The maximum Gasteiger partial charge on any atom is 0.342 e. The summed E-state index contributed by atoms with van der Waals surface area (Å²) < 4.78 is 11.7. The minimum absolute atomic E-state index is 0. The van der Waals surface area contributed by atoms with Crippen LogP contribution in [0.15, 0.2) is 126 Å². The van der Waals surface area contributed by atoms with Gasteiger partial charge in [-0.15, -0.1) is 0 Å². The van der Waals surface area contributed by atoms with Crippen molar-refractivity contribution in [2.75, 3.05) is 6.61 Å². The van der Waals surface area contributed by atoms with Crippen molar-refractivity contribution in [3.63, 3.8) is 0 Å². The lowest BCUT2D eigenvalue weighted by atomic mass is 10.0. The standard InChI is InChI=1S/C32H27NO5P.BrH/c1-2-37-32(34)31-29(24-18-20-25(21-19-24)33(35)36)22-38-30(31)23-39(26-12-6-3-7-13-26,27-14-8-4-9-15-27)28-16-10-5-11-17-28;/h3-22H,2,23H2,1H3;1H/q+1;/p-1. The Hall–Kier alpha value is -4.06. The molecule has 0 aliphatic carbocycles. The van der Waals surface area contributed by atoms with Crippen molar-refractivity contribution in [2.45, 2.75) is 13.1 Å². The fraction of sp³-hybridized carbons (Fsp3) is 0.0938. The first-order chi connectivity index (χ1) is 19.0. The number of nitro benzene ring substituents is 1. The number of nitro groups is 1. The molecule has 0 saturated heterocycles. The van der Waals surface area contributed by atoms with Crippen molar-refractivity contribution in [2.24, 2.45) is 0 Å². The molecule has 0 aliphatic heterocycles. The molecular weight excluding hydrogens is 589 g/mol. The average molecular weight is 616 g/mol. The molecule has 0 unspecified atom stereocenters. The van der Waals surface area contributed by atoms with Gasteiger partial charge in [-0.3, -0.25) is 10.1 Å². The molecule has 1 aromatic heterocycles. The fourth-order valence-electron chi connectivity index (χ4n) is 4.90. The molecule has 0 atom stereocenters. The number of nitrogens with zero attached hydrogens (tertiary/aromatic N) is 1. The van der Waals surface area contributed by atoms with Crippen LogP contribution in [0.25, 0.3) is 11.1 Å². The van der Waals surface area contributed by atoms with E-state index in [1.165, 1.54) is 12.1 Å². The van der Waals surface area contributed by atoms with Crippen molar-refractivity contribution in [1.82, 2.24) is 0 Å². The van der Waals surface area contributed by atoms with Crippen molar-refractivity contribution < 1.29 is 35.9 Å². The van der Waals surface area contributed by atoms with Crippen LogP contribution >= 0.6 is 7.26 Å². The number of hydrogen-bond acceptors (Lipinski definition) is 5. The summed E-state index contributed by atoms with van der Waals surface area (Å²) in [6.45, 7) is 1.97. The summed E-state index contributed by atoms with van der Waals surface area (Å²) in [7, 11) is -2.35. The summed E-state index contributed by atoms with van der Waals surface area (Å²) in [6, 6.07) is 37.1. The smallest absolute Gasteiger partial charge is 0.342 e. The number of carbonyl (C=O) groups excluding carboxylic acids is 1. The van der Waals surface area contributed by atoms with Gasteiger partial charge in [-0.25, -0.2) is 4.79 Å². The number of hydrogen-bond donors (Lipinski definition) is 0. The van der Waals surface area contributed by atoms with Crippen LogP contribution in [0.1, 0.15) is 23.0 Å². The van der Waals surface area contributed by atoms with Crippen LogP contribution in [0.3, 0.4) is 0 Å². The zero-order valence-electron chi connectivity index (χ0n) is 21.8. The molecule has 4 aromatic carbocycles. The van der Waals surface area contributed by atoms with E-state index in [1.54, 1.807) is 25.3 Å². The summed E-state index contributed by atoms with van der Waals surface area (Å²) >= 11 is 0. The zero-order valence-corrected chi connectivity index (χ0v) is 24.3. The van der Waals surface area contributed by atoms with E-state index in [4.69, 9.17) is 9.15 Å². The van der Waals surface area contributed by atoms with Gasteiger partial charge in [0.15, 0.2) is 5.76 Å². The fourth-order valence-corrected chi connectivity index (χ4v) is 9.05. The van der Waals surface area contributed by atoms with E-state index in [-0.39, 0.29) is 29.3 Å². The molecule has 0 radical (unpaired) electrons. The molecule has 0 saturated carbocycles. The Labute approximate surface area is 243 Å². The van der Waals surface area contributed by atoms with Crippen LogP contribution in [0.4, 0.5) is 5.69 Å². The van der Waals surface area contributed by atoms with Crippen molar-refractivity contribution >= 4 is 34.8 Å². The first-order valence-electron chi connectivity index (χ1n) is 12.6. The third-order valence-corrected chi connectivity index (χ3v) is 11.0. The largest absolute Gasteiger partial charge is 1.00 e. The van der Waals surface area contributed by atoms with Crippen LogP contribution in [0, 0.1) is 10.1 Å². The van der Waals surface area contributed by atoms with E-state index in [1.807, 2.05) is 54.6 Å². The second-order valence-corrected chi connectivity index (χ2v) is 12.4. The highest BCUT2D eigenvalue weighted by molar-refractivity contribution is 7.95. The van der Waals surface area contributed by atoms with Gasteiger partial charge in [-0.05, 0) is 61.0 Å². The van der Waals surface area contributed by atoms with Gasteiger partial charge in [0.25, 0.3) is 5.69 Å². The number of furan rings is 1. The first kappa shape index (κ1) is 28.9. The van der Waals surface area contributed by atoms with E-state index in [2.05, 4.69) is 36.4 Å². The Kier molecular flexibility index (Phi) is 9.30. The van der Waals surface area contributed by atoms with Crippen LogP contribution in [0.2, 0.25) is 0 Å². The third-order valence-electron chi connectivity index (χ3n) is 6.71. The van der Waals surface area contributed by atoms with E-state index in [0.717, 1.165) is 15.9 Å². The molecule has 0 amide bonds. The van der Waals surface area contributed by atoms with E-state index < -0.39 is 18.2 Å². The second kappa shape index (κ2) is 12.9. The molecular formula is C32H27BrNO5P. The average Bonchev–Trinajstić information content (AvgIpc) is 3.41. The highest BCUT2D eigenvalue weighted by Crippen LogP contribution is 2.59. The molecule has 6 nitrogen and oxygen atoms in total. The van der Waals surface area contributed by atoms with Gasteiger partial charge in [-0.1, -0.05) is 54.6 Å². The van der Waals surface area contributed by atoms with Gasteiger partial charge in [0, 0.05) is 17.7 Å². The maximum absolute atomic E-state index is 13.4. The lowest BCUT2D eigenvalue weighted by molar-refractivity contribution is -0.384. The number of halogens is 1. The van der Waals surface area contributed by atoms with E-state index >= 15 is 0 Å². The van der Waals surface area contributed by atoms with E-state index in [0.29, 0.717) is 28.6 Å². The highest BCUT2D eigenvalue weighted by Gasteiger charge is 2.47. The number of rotatable bonds is 9. The normalized spacial score (nSPS) is 10.9. The molecule has 0 spiro atoms. The highest BCUT2D eigenvalue weighted by atomic mass is 79.9. The number of ether oxygens (including phenoxy) is 1. The number of benzene rings is 4. The van der Waals surface area contributed by atoms with Gasteiger partial charge in [0.1, 0.15) is 34.9 Å². The SMILES string of the molecule is CCOC(=O)c1c(-c2ccc([N+](=O)[O-])cc2)coc1C[P+](c1ccccc1)(c1ccccc1)c1ccccc1.[Br-]. The quantitative estimate of drug-likeness (QED) is 0.110. The van der Waals surface area contributed by atoms with Crippen molar-refractivity contribution in [3.05, 3.63) is 143 Å². The third kappa shape index (κ3) is 5.62. The number of non-ortho nitro benzene ring substituents is 1. The second-order valence-electron chi connectivity index (χ2n) is 8.95. The molecule has 202 valence electrons. The molecule has 0 fully saturated rings. The van der Waals surface area contributed by atoms with Gasteiger partial charge in [0.05, 0.1) is 17.8 Å². The predicted octanol–water partition coefficient (Wildman–Crippen LogP) is 3.53. The van der Waals surface area contributed by atoms with Gasteiger partial charge >= 0.3 is 5.97 Å². The van der Waals surface area contributed by atoms with Crippen LogP contribution in [0.5, 0.6) is 0 Å². The lowest BCUT2D eigenvalue weighted by Gasteiger charge is -2.27. The Bertz CT molecular complexity index is 1480. The summed E-state index contributed by atoms with van der Waals surface area (Å²) in [5.74, 6) is 0.0357. The molecule has 0 aliphatic rings. The maximum atomic E-state index is 13.4. The molecule has 0 bridgehead atoms. The van der Waals surface area contributed by atoms with Gasteiger partial charge < -0.3 is 26.1 Å². The molecule has 8 heteroatoms. The Morgan fingerprint density at radius 3 is 1.70 bits per heavy atom. The van der Waals surface area contributed by atoms with Crippen molar-refractivity contribution in [1.29, 1.82) is 0 Å². The number of carbonyl (C=O) groups is 1. The van der Waals surface area contributed by atoms with Gasteiger partial charge in [0.2, 0.25) is 0 Å².